The first-order chi connectivity index (χ1) is 15.2. The predicted octanol–water partition coefficient (Wildman–Crippen LogP) is 5.54. The van der Waals surface area contributed by atoms with Crippen LogP contribution in [-0.4, -0.2) is 17.2 Å². The molecule has 1 atom stereocenters. The van der Waals surface area contributed by atoms with Gasteiger partial charge in [0.15, 0.2) is 0 Å². The number of nitrogens with one attached hydrogen (secondary N) is 1. The number of aromatic nitrogens is 1. The number of phenolic OH excluding ortho intramolecular Hbond substituents is 1. The van der Waals surface area contributed by atoms with Crippen LogP contribution in [0.15, 0.2) is 97.1 Å². The van der Waals surface area contributed by atoms with Crippen molar-refractivity contribution in [2.75, 3.05) is 7.11 Å². The van der Waals surface area contributed by atoms with E-state index in [1.165, 1.54) is 11.1 Å². The summed E-state index contributed by atoms with van der Waals surface area (Å²) >= 11 is 0. The van der Waals surface area contributed by atoms with Crippen LogP contribution in [0.1, 0.15) is 22.7 Å². The Balaban J connectivity index is 1.56. The Bertz CT molecular complexity index is 1110. The van der Waals surface area contributed by atoms with Crippen LogP contribution >= 0.6 is 0 Å². The lowest BCUT2D eigenvalue weighted by atomic mass is 9.98. The lowest BCUT2D eigenvalue weighted by molar-refractivity contribution is 0.398. The maximum Gasteiger partial charge on any atom is 0.213 e. The Kier molecular flexibility index (Phi) is 6.60. The van der Waals surface area contributed by atoms with E-state index < -0.39 is 0 Å². The monoisotopic (exact) mass is 410 g/mol. The molecule has 2 N–H and O–H groups in total. The lowest BCUT2D eigenvalue weighted by Crippen LogP contribution is -2.23. The average molecular weight is 411 g/mol. The maximum absolute atomic E-state index is 10.5. The molecule has 31 heavy (non-hydrogen) atoms. The molecule has 1 heterocycles. The van der Waals surface area contributed by atoms with Gasteiger partial charge in [0.2, 0.25) is 5.88 Å². The summed E-state index contributed by atoms with van der Waals surface area (Å²) in [6.07, 6.45) is 0.864. The molecule has 0 fully saturated rings. The van der Waals surface area contributed by atoms with E-state index in [9.17, 15) is 5.11 Å². The molecular formula is C27H26N2O2. The van der Waals surface area contributed by atoms with Crippen LogP contribution in [0.25, 0.3) is 11.3 Å². The summed E-state index contributed by atoms with van der Waals surface area (Å²) in [5, 5.41) is 14.1. The van der Waals surface area contributed by atoms with Gasteiger partial charge in [0.05, 0.1) is 12.8 Å². The van der Waals surface area contributed by atoms with Crippen molar-refractivity contribution in [1.29, 1.82) is 0 Å². The standard InChI is InChI=1S/C27H26N2O2/c1-31-27-14-8-13-24(29-27)22-15-16-26(30)23(18-22)19-28-25(21-11-6-3-7-12-21)17-20-9-4-2-5-10-20/h2-16,18,25,28,30H,17,19H2,1H3/t25-/m0/s1. The summed E-state index contributed by atoms with van der Waals surface area (Å²) in [5.74, 6) is 0.836. The molecule has 0 saturated heterocycles. The molecule has 4 aromatic rings. The third kappa shape index (κ3) is 5.30. The fourth-order valence-electron chi connectivity index (χ4n) is 3.65. The van der Waals surface area contributed by atoms with Gasteiger partial charge in [0.1, 0.15) is 5.75 Å². The van der Waals surface area contributed by atoms with Crippen LogP contribution in [0, 0.1) is 0 Å². The van der Waals surface area contributed by atoms with Gasteiger partial charge in [-0.15, -0.1) is 0 Å². The first-order valence-corrected chi connectivity index (χ1v) is 10.4. The van der Waals surface area contributed by atoms with E-state index >= 15 is 0 Å². The van der Waals surface area contributed by atoms with Crippen LogP contribution in [0.5, 0.6) is 11.6 Å². The zero-order valence-electron chi connectivity index (χ0n) is 17.5. The van der Waals surface area contributed by atoms with Crippen molar-refractivity contribution >= 4 is 0 Å². The highest BCUT2D eigenvalue weighted by molar-refractivity contribution is 5.62. The largest absolute Gasteiger partial charge is 0.508 e. The zero-order valence-corrected chi connectivity index (χ0v) is 17.5. The molecule has 0 amide bonds. The summed E-state index contributed by atoms with van der Waals surface area (Å²) in [6, 6.07) is 32.2. The quantitative estimate of drug-likeness (QED) is 0.401. The van der Waals surface area contributed by atoms with E-state index in [1.807, 2.05) is 42.5 Å². The maximum atomic E-state index is 10.5. The molecule has 4 heteroatoms. The number of hydrogen-bond donors (Lipinski definition) is 2. The molecule has 3 aromatic carbocycles. The third-order valence-electron chi connectivity index (χ3n) is 5.33. The Labute approximate surface area is 183 Å². The van der Waals surface area contributed by atoms with Crippen molar-refractivity contribution < 1.29 is 9.84 Å². The van der Waals surface area contributed by atoms with Gasteiger partial charge >= 0.3 is 0 Å². The van der Waals surface area contributed by atoms with Gasteiger partial charge in [-0.2, -0.15) is 0 Å². The molecule has 0 aliphatic carbocycles. The Morgan fingerprint density at radius 2 is 1.61 bits per heavy atom. The Hall–Kier alpha value is -3.63. The van der Waals surface area contributed by atoms with Gasteiger partial charge < -0.3 is 15.2 Å². The fourth-order valence-corrected chi connectivity index (χ4v) is 3.65. The number of rotatable bonds is 8. The van der Waals surface area contributed by atoms with Gasteiger partial charge in [0.25, 0.3) is 0 Å². The summed E-state index contributed by atoms with van der Waals surface area (Å²) in [4.78, 5) is 4.51. The van der Waals surface area contributed by atoms with Crippen LogP contribution < -0.4 is 10.1 Å². The zero-order chi connectivity index (χ0) is 21.5. The minimum Gasteiger partial charge on any atom is -0.508 e. The summed E-state index contributed by atoms with van der Waals surface area (Å²) in [5.41, 5.74) is 5.06. The first-order valence-electron chi connectivity index (χ1n) is 10.4. The van der Waals surface area contributed by atoms with E-state index in [2.05, 4.69) is 58.8 Å². The SMILES string of the molecule is COc1cccc(-c2ccc(O)c(CN[C@@H](Cc3ccccc3)c3ccccc3)c2)n1. The van der Waals surface area contributed by atoms with E-state index in [-0.39, 0.29) is 11.8 Å². The van der Waals surface area contributed by atoms with Gasteiger partial charge in [0, 0.05) is 29.8 Å². The average Bonchev–Trinajstić information content (AvgIpc) is 2.84. The van der Waals surface area contributed by atoms with Crippen molar-refractivity contribution in [3.63, 3.8) is 0 Å². The molecule has 0 bridgehead atoms. The second-order valence-electron chi connectivity index (χ2n) is 7.44. The van der Waals surface area contributed by atoms with Gasteiger partial charge in [-0.3, -0.25) is 0 Å². The van der Waals surface area contributed by atoms with Gasteiger partial charge in [-0.05, 0) is 41.8 Å². The Morgan fingerprint density at radius 1 is 0.871 bits per heavy atom. The molecule has 0 saturated carbocycles. The first kappa shape index (κ1) is 20.6. The Morgan fingerprint density at radius 3 is 2.35 bits per heavy atom. The molecule has 0 spiro atoms. The highest BCUT2D eigenvalue weighted by Crippen LogP contribution is 2.27. The van der Waals surface area contributed by atoms with Crippen LogP contribution in [0.3, 0.4) is 0 Å². The number of phenols is 1. The van der Waals surface area contributed by atoms with E-state index in [4.69, 9.17) is 4.74 Å². The highest BCUT2D eigenvalue weighted by atomic mass is 16.5. The van der Waals surface area contributed by atoms with E-state index in [0.29, 0.717) is 12.4 Å². The van der Waals surface area contributed by atoms with Crippen LogP contribution in [-0.2, 0) is 13.0 Å². The summed E-state index contributed by atoms with van der Waals surface area (Å²) in [6.45, 7) is 0.538. The van der Waals surface area contributed by atoms with Gasteiger partial charge in [-0.25, -0.2) is 4.98 Å². The summed E-state index contributed by atoms with van der Waals surface area (Å²) < 4.78 is 5.24. The molecule has 4 nitrogen and oxygen atoms in total. The van der Waals surface area contributed by atoms with Crippen molar-refractivity contribution in [3.8, 4) is 22.9 Å². The van der Waals surface area contributed by atoms with Crippen molar-refractivity contribution in [2.24, 2.45) is 0 Å². The minimum atomic E-state index is 0.126. The smallest absolute Gasteiger partial charge is 0.213 e. The number of methoxy groups -OCH3 is 1. The molecule has 0 aliphatic heterocycles. The number of benzene rings is 3. The topological polar surface area (TPSA) is 54.4 Å². The number of nitrogens with zero attached hydrogens (tertiary/aromatic N) is 1. The molecule has 0 unspecified atom stereocenters. The van der Waals surface area contributed by atoms with E-state index in [1.54, 1.807) is 13.2 Å². The second kappa shape index (κ2) is 9.92. The molecule has 0 radical (unpaired) electrons. The molecular weight excluding hydrogens is 384 g/mol. The van der Waals surface area contributed by atoms with Crippen LogP contribution in [0.4, 0.5) is 0 Å². The number of aromatic hydroxyl groups is 1. The fraction of sp³-hybridized carbons (Fsp3) is 0.148. The summed E-state index contributed by atoms with van der Waals surface area (Å²) in [7, 11) is 1.61. The predicted molar refractivity (Wildman–Crippen MR) is 124 cm³/mol. The van der Waals surface area contributed by atoms with Crippen molar-refractivity contribution in [3.05, 3.63) is 114 Å². The van der Waals surface area contributed by atoms with Crippen molar-refractivity contribution in [1.82, 2.24) is 10.3 Å². The lowest BCUT2D eigenvalue weighted by Gasteiger charge is -2.20. The third-order valence-corrected chi connectivity index (χ3v) is 5.33. The minimum absolute atomic E-state index is 0.126. The van der Waals surface area contributed by atoms with Crippen LogP contribution in [0.2, 0.25) is 0 Å². The molecule has 156 valence electrons. The van der Waals surface area contributed by atoms with Crippen molar-refractivity contribution in [2.45, 2.75) is 19.0 Å². The second-order valence-corrected chi connectivity index (χ2v) is 7.44. The normalized spacial score (nSPS) is 11.8. The van der Waals surface area contributed by atoms with Gasteiger partial charge in [-0.1, -0.05) is 66.7 Å². The van der Waals surface area contributed by atoms with E-state index in [0.717, 1.165) is 23.2 Å². The number of hydrogen-bond acceptors (Lipinski definition) is 4. The molecule has 1 aromatic heterocycles. The molecule has 0 aliphatic rings. The number of ether oxygens (including phenoxy) is 1. The highest BCUT2D eigenvalue weighted by Gasteiger charge is 2.14. The molecule has 4 rings (SSSR count). The number of pyridine rings is 1.